The van der Waals surface area contributed by atoms with Gasteiger partial charge in [-0.2, -0.15) is 0 Å². The second kappa shape index (κ2) is 6.94. The Morgan fingerprint density at radius 1 is 1.29 bits per heavy atom. The number of amides is 1. The van der Waals surface area contributed by atoms with E-state index in [0.29, 0.717) is 6.54 Å². The van der Waals surface area contributed by atoms with Gasteiger partial charge in [0.15, 0.2) is 6.10 Å². The molecule has 1 fully saturated rings. The molecular formula is C17H26N2O2. The first-order valence-corrected chi connectivity index (χ1v) is 7.78. The summed E-state index contributed by atoms with van der Waals surface area (Å²) in [6, 6.07) is 4.20. The van der Waals surface area contributed by atoms with Crippen LogP contribution in [0.2, 0.25) is 0 Å². The van der Waals surface area contributed by atoms with E-state index in [1.54, 1.807) is 0 Å². The number of hydrogen-bond donors (Lipinski definition) is 1. The Morgan fingerprint density at radius 2 is 1.86 bits per heavy atom. The highest BCUT2D eigenvalue weighted by Crippen LogP contribution is 2.26. The van der Waals surface area contributed by atoms with Crippen molar-refractivity contribution in [1.29, 1.82) is 0 Å². The Morgan fingerprint density at radius 3 is 2.38 bits per heavy atom. The summed E-state index contributed by atoms with van der Waals surface area (Å²) in [5.74, 6) is 0.924. The molecule has 1 heterocycles. The zero-order valence-electron chi connectivity index (χ0n) is 13.3. The Labute approximate surface area is 127 Å². The molecule has 1 saturated heterocycles. The summed E-state index contributed by atoms with van der Waals surface area (Å²) < 4.78 is 5.96. The van der Waals surface area contributed by atoms with Crippen LogP contribution in [-0.2, 0) is 11.2 Å². The standard InChI is InChI=1S/C17H26N2O2/c1-12-10-15(6-7-18)11-13(2)16(12)21-14(3)17(20)19-8-4-5-9-19/h10-11,14H,4-9,18H2,1-3H3. The van der Waals surface area contributed by atoms with E-state index in [2.05, 4.69) is 12.1 Å². The van der Waals surface area contributed by atoms with E-state index in [9.17, 15) is 4.79 Å². The van der Waals surface area contributed by atoms with E-state index >= 15 is 0 Å². The maximum absolute atomic E-state index is 12.3. The van der Waals surface area contributed by atoms with E-state index < -0.39 is 6.10 Å². The van der Waals surface area contributed by atoms with Gasteiger partial charge in [0, 0.05) is 13.1 Å². The minimum atomic E-state index is -0.430. The summed E-state index contributed by atoms with van der Waals surface area (Å²) in [7, 11) is 0. The molecule has 1 aliphatic rings. The molecule has 0 spiro atoms. The summed E-state index contributed by atoms with van der Waals surface area (Å²) >= 11 is 0. The van der Waals surface area contributed by atoms with Gasteiger partial charge in [-0.3, -0.25) is 4.79 Å². The monoisotopic (exact) mass is 290 g/mol. The number of benzene rings is 1. The van der Waals surface area contributed by atoms with Crippen LogP contribution in [0, 0.1) is 13.8 Å². The van der Waals surface area contributed by atoms with Crippen LogP contribution >= 0.6 is 0 Å². The quantitative estimate of drug-likeness (QED) is 0.904. The summed E-state index contributed by atoms with van der Waals surface area (Å²) in [4.78, 5) is 14.2. The minimum absolute atomic E-state index is 0.0948. The van der Waals surface area contributed by atoms with Crippen molar-refractivity contribution in [2.24, 2.45) is 5.73 Å². The lowest BCUT2D eigenvalue weighted by atomic mass is 10.0. The van der Waals surface area contributed by atoms with Gasteiger partial charge in [-0.1, -0.05) is 12.1 Å². The lowest BCUT2D eigenvalue weighted by Crippen LogP contribution is -2.38. The fourth-order valence-corrected chi connectivity index (χ4v) is 2.96. The van der Waals surface area contributed by atoms with Crippen LogP contribution in [0.1, 0.15) is 36.5 Å². The highest BCUT2D eigenvalue weighted by atomic mass is 16.5. The molecule has 0 bridgehead atoms. The fraction of sp³-hybridized carbons (Fsp3) is 0.588. The zero-order chi connectivity index (χ0) is 15.4. The molecule has 1 atom stereocenters. The first-order valence-electron chi connectivity index (χ1n) is 7.78. The van der Waals surface area contributed by atoms with Crippen molar-refractivity contribution >= 4 is 5.91 Å². The maximum Gasteiger partial charge on any atom is 0.263 e. The van der Waals surface area contributed by atoms with Gasteiger partial charge < -0.3 is 15.4 Å². The summed E-state index contributed by atoms with van der Waals surface area (Å²) in [6.07, 6.45) is 2.64. The van der Waals surface area contributed by atoms with Crippen LogP contribution in [0.3, 0.4) is 0 Å². The Hall–Kier alpha value is -1.55. The molecule has 0 saturated carbocycles. The normalized spacial score (nSPS) is 16.1. The molecule has 2 N–H and O–H groups in total. The molecule has 1 aromatic carbocycles. The average Bonchev–Trinajstić information content (AvgIpc) is 2.96. The van der Waals surface area contributed by atoms with Crippen LogP contribution in [-0.4, -0.2) is 36.5 Å². The molecule has 1 aromatic rings. The van der Waals surface area contributed by atoms with Gasteiger partial charge >= 0.3 is 0 Å². The molecule has 0 aromatic heterocycles. The van der Waals surface area contributed by atoms with Crippen molar-refractivity contribution in [2.75, 3.05) is 19.6 Å². The first kappa shape index (κ1) is 15.8. The van der Waals surface area contributed by atoms with Gasteiger partial charge in [0.25, 0.3) is 5.91 Å². The highest BCUT2D eigenvalue weighted by Gasteiger charge is 2.25. The molecule has 1 aliphatic heterocycles. The number of carbonyl (C=O) groups is 1. The third-order valence-corrected chi connectivity index (χ3v) is 4.01. The van der Waals surface area contributed by atoms with E-state index in [1.165, 1.54) is 5.56 Å². The predicted molar refractivity (Wildman–Crippen MR) is 84.6 cm³/mol. The Balaban J connectivity index is 2.09. The number of nitrogens with zero attached hydrogens (tertiary/aromatic N) is 1. The molecule has 4 nitrogen and oxygen atoms in total. The number of ether oxygens (including phenoxy) is 1. The van der Waals surface area contributed by atoms with Crippen molar-refractivity contribution < 1.29 is 9.53 Å². The van der Waals surface area contributed by atoms with Gasteiger partial charge in [-0.05, 0) is 63.3 Å². The second-order valence-electron chi connectivity index (χ2n) is 5.89. The third kappa shape index (κ3) is 3.76. The molecule has 21 heavy (non-hydrogen) atoms. The summed E-state index contributed by atoms with van der Waals surface area (Å²) in [6.45, 7) is 8.25. The molecular weight excluding hydrogens is 264 g/mol. The van der Waals surface area contributed by atoms with Crippen molar-refractivity contribution in [3.8, 4) is 5.75 Å². The lowest BCUT2D eigenvalue weighted by molar-refractivity contribution is -0.136. The van der Waals surface area contributed by atoms with Crippen LogP contribution in [0.4, 0.5) is 0 Å². The largest absolute Gasteiger partial charge is 0.480 e. The van der Waals surface area contributed by atoms with Crippen molar-refractivity contribution in [2.45, 2.75) is 46.1 Å². The van der Waals surface area contributed by atoms with Gasteiger partial charge in [-0.25, -0.2) is 0 Å². The SMILES string of the molecule is Cc1cc(CCN)cc(C)c1OC(C)C(=O)N1CCCC1. The molecule has 4 heteroatoms. The number of likely N-dealkylation sites (tertiary alicyclic amines) is 1. The second-order valence-corrected chi connectivity index (χ2v) is 5.89. The third-order valence-electron chi connectivity index (χ3n) is 4.01. The topological polar surface area (TPSA) is 55.6 Å². The molecule has 116 valence electrons. The van der Waals surface area contributed by atoms with Crippen molar-refractivity contribution in [1.82, 2.24) is 4.90 Å². The average molecular weight is 290 g/mol. The minimum Gasteiger partial charge on any atom is -0.480 e. The molecule has 2 rings (SSSR count). The number of hydrogen-bond acceptors (Lipinski definition) is 3. The van der Waals surface area contributed by atoms with E-state index in [0.717, 1.165) is 49.2 Å². The predicted octanol–water partition coefficient (Wildman–Crippen LogP) is 2.19. The fourth-order valence-electron chi connectivity index (χ4n) is 2.96. The van der Waals surface area contributed by atoms with Crippen LogP contribution in [0.5, 0.6) is 5.75 Å². The van der Waals surface area contributed by atoms with Gasteiger partial charge in [-0.15, -0.1) is 0 Å². The lowest BCUT2D eigenvalue weighted by Gasteiger charge is -2.23. The molecule has 0 aliphatic carbocycles. The molecule has 0 radical (unpaired) electrons. The molecule has 1 unspecified atom stereocenters. The maximum atomic E-state index is 12.3. The van der Waals surface area contributed by atoms with Crippen LogP contribution in [0.15, 0.2) is 12.1 Å². The molecule has 1 amide bonds. The van der Waals surface area contributed by atoms with E-state index in [-0.39, 0.29) is 5.91 Å². The summed E-state index contributed by atoms with van der Waals surface area (Å²) in [5.41, 5.74) is 8.97. The van der Waals surface area contributed by atoms with Crippen molar-refractivity contribution in [3.05, 3.63) is 28.8 Å². The van der Waals surface area contributed by atoms with Gasteiger partial charge in [0.1, 0.15) is 5.75 Å². The smallest absolute Gasteiger partial charge is 0.263 e. The number of rotatable bonds is 5. The number of aryl methyl sites for hydroxylation is 2. The summed E-state index contributed by atoms with van der Waals surface area (Å²) in [5, 5.41) is 0. The van der Waals surface area contributed by atoms with Gasteiger partial charge in [0.05, 0.1) is 0 Å². The highest BCUT2D eigenvalue weighted by molar-refractivity contribution is 5.81. The Bertz CT molecular complexity index is 485. The van der Waals surface area contributed by atoms with Gasteiger partial charge in [0.2, 0.25) is 0 Å². The van der Waals surface area contributed by atoms with E-state index in [4.69, 9.17) is 10.5 Å². The number of carbonyl (C=O) groups excluding carboxylic acids is 1. The van der Waals surface area contributed by atoms with E-state index in [1.807, 2.05) is 25.7 Å². The zero-order valence-corrected chi connectivity index (χ0v) is 13.3. The van der Waals surface area contributed by atoms with Crippen LogP contribution < -0.4 is 10.5 Å². The first-order chi connectivity index (χ1) is 10.0. The van der Waals surface area contributed by atoms with Crippen molar-refractivity contribution in [3.63, 3.8) is 0 Å². The van der Waals surface area contributed by atoms with Crippen LogP contribution in [0.25, 0.3) is 0 Å². The Kier molecular flexibility index (Phi) is 5.23. The number of nitrogens with two attached hydrogens (primary N) is 1.